The number of anilines is 2. The summed E-state index contributed by atoms with van der Waals surface area (Å²) in [5.41, 5.74) is 4.97. The van der Waals surface area contributed by atoms with Crippen LogP contribution in [-0.2, 0) is 20.8 Å². The fraction of sp³-hybridized carbons (Fsp3) is 0.250. The number of ether oxygens (including phenoxy) is 3. The van der Waals surface area contributed by atoms with Crippen LogP contribution in [0.25, 0.3) is 22.5 Å². The number of benzene rings is 3. The summed E-state index contributed by atoms with van der Waals surface area (Å²) in [4.78, 5) is 30.2. The van der Waals surface area contributed by atoms with Crippen molar-refractivity contribution in [3.8, 4) is 22.5 Å². The number of carboxylic acids is 1. The highest BCUT2D eigenvalue weighted by Crippen LogP contribution is 2.45. The minimum absolute atomic E-state index is 0.166. The van der Waals surface area contributed by atoms with E-state index in [4.69, 9.17) is 18.7 Å². The fourth-order valence-electron chi connectivity index (χ4n) is 5.13. The SMILES string of the molecule is CCOC1N(Cc2ccc(-c3ccccc3-c3noc(=O)[nH]3)cc2)c2c(C(=O)O)cccc2N1C1COCO1. The quantitative estimate of drug-likeness (QED) is 0.346. The number of hydrogen-bond donors (Lipinski definition) is 2. The van der Waals surface area contributed by atoms with E-state index >= 15 is 0 Å². The minimum atomic E-state index is -1.02. The molecule has 0 spiro atoms. The van der Waals surface area contributed by atoms with E-state index in [9.17, 15) is 14.7 Å². The topological polar surface area (TPSA) is 130 Å². The van der Waals surface area contributed by atoms with Crippen LogP contribution in [0.15, 0.2) is 76.0 Å². The van der Waals surface area contributed by atoms with Gasteiger partial charge in [-0.15, -0.1) is 0 Å². The second kappa shape index (κ2) is 10.4. The van der Waals surface area contributed by atoms with Crippen molar-refractivity contribution in [3.63, 3.8) is 0 Å². The summed E-state index contributed by atoms with van der Waals surface area (Å²) >= 11 is 0. The summed E-state index contributed by atoms with van der Waals surface area (Å²) < 4.78 is 22.1. The average Bonchev–Trinajstić information content (AvgIpc) is 3.69. The molecule has 0 radical (unpaired) electrons. The number of para-hydroxylation sites is 1. The molecule has 1 fully saturated rings. The molecule has 4 aromatic rings. The van der Waals surface area contributed by atoms with Crippen LogP contribution in [0.5, 0.6) is 0 Å². The van der Waals surface area contributed by atoms with Crippen LogP contribution < -0.4 is 15.6 Å². The Morgan fingerprint density at radius 3 is 2.56 bits per heavy atom. The van der Waals surface area contributed by atoms with Crippen molar-refractivity contribution in [1.82, 2.24) is 10.1 Å². The summed E-state index contributed by atoms with van der Waals surface area (Å²) in [6.45, 7) is 3.22. The number of rotatable bonds is 8. The lowest BCUT2D eigenvalue weighted by Gasteiger charge is -2.34. The second-order valence-corrected chi connectivity index (χ2v) is 9.09. The molecule has 0 bridgehead atoms. The molecule has 2 unspecified atom stereocenters. The standard InChI is InChI=1S/C28H26N4O7/c1-2-37-28-31(24-21(26(33)34)8-5-9-22(24)32(28)23-15-36-16-38-23)14-17-10-12-18(13-11-17)19-6-3-4-7-20(19)25-29-27(35)39-30-25/h3-13,23,28H,2,14-16H2,1H3,(H,33,34)(H,29,30,35). The maximum Gasteiger partial charge on any atom is 0.439 e. The molecule has 2 N–H and O–H groups in total. The number of nitrogens with zero attached hydrogens (tertiary/aromatic N) is 3. The van der Waals surface area contributed by atoms with Gasteiger partial charge < -0.3 is 24.2 Å². The Hall–Kier alpha value is -4.45. The first-order valence-electron chi connectivity index (χ1n) is 12.5. The molecule has 11 heteroatoms. The van der Waals surface area contributed by atoms with Gasteiger partial charge in [0.15, 0.2) is 12.1 Å². The predicted octanol–water partition coefficient (Wildman–Crippen LogP) is 3.87. The molecule has 2 aliphatic rings. The summed E-state index contributed by atoms with van der Waals surface area (Å²) in [7, 11) is 0. The summed E-state index contributed by atoms with van der Waals surface area (Å²) in [6.07, 6.45) is -0.988. The third kappa shape index (κ3) is 4.56. The molecular weight excluding hydrogens is 504 g/mol. The van der Waals surface area contributed by atoms with Gasteiger partial charge in [0.2, 0.25) is 6.35 Å². The smallest absolute Gasteiger partial charge is 0.439 e. The zero-order valence-corrected chi connectivity index (χ0v) is 21.1. The lowest BCUT2D eigenvalue weighted by atomic mass is 9.98. The van der Waals surface area contributed by atoms with Crippen molar-refractivity contribution in [3.05, 3.63) is 88.4 Å². The van der Waals surface area contributed by atoms with E-state index in [1.807, 2.05) is 71.3 Å². The number of carboxylic acid groups (broad SMARTS) is 1. The number of H-pyrrole nitrogens is 1. The van der Waals surface area contributed by atoms with Crippen molar-refractivity contribution in [2.45, 2.75) is 26.0 Å². The summed E-state index contributed by atoms with van der Waals surface area (Å²) in [5, 5.41) is 13.8. The molecule has 1 aromatic heterocycles. The number of aromatic amines is 1. The van der Waals surface area contributed by atoms with Crippen LogP contribution in [0, 0.1) is 0 Å². The zero-order valence-electron chi connectivity index (χ0n) is 21.1. The Bertz CT molecular complexity index is 1540. The lowest BCUT2D eigenvalue weighted by molar-refractivity contribution is 0.00783. The van der Waals surface area contributed by atoms with Gasteiger partial charge in [-0.2, -0.15) is 0 Å². The van der Waals surface area contributed by atoms with Crippen molar-refractivity contribution < 1.29 is 28.6 Å². The van der Waals surface area contributed by atoms with Crippen molar-refractivity contribution in [2.24, 2.45) is 0 Å². The number of aromatic carboxylic acids is 1. The van der Waals surface area contributed by atoms with Crippen molar-refractivity contribution in [1.29, 1.82) is 0 Å². The predicted molar refractivity (Wildman–Crippen MR) is 141 cm³/mol. The van der Waals surface area contributed by atoms with E-state index in [-0.39, 0.29) is 12.4 Å². The van der Waals surface area contributed by atoms with Gasteiger partial charge in [-0.3, -0.25) is 14.4 Å². The molecule has 3 heterocycles. The van der Waals surface area contributed by atoms with Gasteiger partial charge in [-0.1, -0.05) is 59.8 Å². The van der Waals surface area contributed by atoms with Gasteiger partial charge in [0.05, 0.1) is 23.5 Å². The van der Waals surface area contributed by atoms with Crippen molar-refractivity contribution >= 4 is 17.3 Å². The van der Waals surface area contributed by atoms with E-state index in [1.54, 1.807) is 12.1 Å². The van der Waals surface area contributed by atoms with Crippen LogP contribution in [0.4, 0.5) is 11.4 Å². The molecule has 6 rings (SSSR count). The Labute approximate surface area is 223 Å². The average molecular weight is 531 g/mol. The molecular formula is C28H26N4O7. The van der Waals surface area contributed by atoms with Gasteiger partial charge in [0, 0.05) is 18.7 Å². The van der Waals surface area contributed by atoms with Gasteiger partial charge >= 0.3 is 11.7 Å². The first-order valence-corrected chi connectivity index (χ1v) is 12.5. The highest BCUT2D eigenvalue weighted by Gasteiger charge is 2.44. The maximum absolute atomic E-state index is 12.2. The second-order valence-electron chi connectivity index (χ2n) is 9.09. The van der Waals surface area contributed by atoms with Crippen LogP contribution in [0.1, 0.15) is 22.8 Å². The van der Waals surface area contributed by atoms with E-state index in [0.717, 1.165) is 27.9 Å². The Balaban J connectivity index is 1.35. The van der Waals surface area contributed by atoms with Crippen LogP contribution in [-0.4, -0.2) is 53.8 Å². The molecule has 200 valence electrons. The van der Waals surface area contributed by atoms with E-state index in [0.29, 0.717) is 31.3 Å². The van der Waals surface area contributed by atoms with E-state index in [2.05, 4.69) is 10.1 Å². The zero-order chi connectivity index (χ0) is 26.9. The highest BCUT2D eigenvalue weighted by molar-refractivity contribution is 6.00. The largest absolute Gasteiger partial charge is 0.478 e. The summed E-state index contributed by atoms with van der Waals surface area (Å²) in [6, 6.07) is 20.7. The Morgan fingerprint density at radius 2 is 1.90 bits per heavy atom. The van der Waals surface area contributed by atoms with E-state index in [1.165, 1.54) is 0 Å². The minimum Gasteiger partial charge on any atom is -0.478 e. The molecule has 0 saturated carbocycles. The van der Waals surface area contributed by atoms with Gasteiger partial charge in [-0.25, -0.2) is 9.59 Å². The summed E-state index contributed by atoms with van der Waals surface area (Å²) in [5.74, 6) is -1.28. The third-order valence-electron chi connectivity index (χ3n) is 6.79. The van der Waals surface area contributed by atoms with E-state index < -0.39 is 24.3 Å². The molecule has 0 amide bonds. The Kier molecular flexibility index (Phi) is 6.61. The maximum atomic E-state index is 12.2. The van der Waals surface area contributed by atoms with Crippen LogP contribution in [0.3, 0.4) is 0 Å². The monoisotopic (exact) mass is 530 g/mol. The highest BCUT2D eigenvalue weighted by atomic mass is 16.7. The molecule has 39 heavy (non-hydrogen) atoms. The molecule has 2 aliphatic heterocycles. The Morgan fingerprint density at radius 1 is 1.10 bits per heavy atom. The molecule has 1 saturated heterocycles. The molecule has 11 nitrogen and oxygen atoms in total. The fourth-order valence-corrected chi connectivity index (χ4v) is 5.13. The number of fused-ring (bicyclic) bond motifs is 1. The molecule has 2 atom stereocenters. The van der Waals surface area contributed by atoms with Crippen molar-refractivity contribution in [2.75, 3.05) is 29.8 Å². The van der Waals surface area contributed by atoms with Gasteiger partial charge in [-0.05, 0) is 35.7 Å². The lowest BCUT2D eigenvalue weighted by Crippen LogP contribution is -2.50. The van der Waals surface area contributed by atoms with Crippen LogP contribution in [0.2, 0.25) is 0 Å². The molecule has 3 aromatic carbocycles. The number of nitrogens with one attached hydrogen (secondary N) is 1. The number of carbonyl (C=O) groups is 1. The number of aromatic nitrogens is 2. The van der Waals surface area contributed by atoms with Gasteiger partial charge in [0.1, 0.15) is 6.79 Å². The first kappa shape index (κ1) is 24.9. The first-order chi connectivity index (χ1) is 19.0. The third-order valence-corrected chi connectivity index (χ3v) is 6.79. The normalized spacial score (nSPS) is 18.5. The van der Waals surface area contributed by atoms with Crippen LogP contribution >= 0.6 is 0 Å². The number of hydrogen-bond acceptors (Lipinski definition) is 9. The molecule has 0 aliphatic carbocycles. The van der Waals surface area contributed by atoms with Gasteiger partial charge in [0.25, 0.3) is 0 Å².